The van der Waals surface area contributed by atoms with Crippen LogP contribution in [0.5, 0.6) is 11.6 Å². The first-order valence-electron chi connectivity index (χ1n) is 24.7. The number of pyridine rings is 1. The minimum Gasteiger partial charge on any atom is -0.489 e. The zero-order chi connectivity index (χ0) is 49.1. The van der Waals surface area contributed by atoms with E-state index in [0.717, 1.165) is 38.3 Å². The quantitative estimate of drug-likeness (QED) is 0.0866. The van der Waals surface area contributed by atoms with E-state index in [9.17, 15) is 23.7 Å². The molecule has 5 fully saturated rings. The van der Waals surface area contributed by atoms with E-state index in [0.29, 0.717) is 60.0 Å². The van der Waals surface area contributed by atoms with Crippen molar-refractivity contribution in [1.82, 2.24) is 19.8 Å². The molecule has 1 saturated carbocycles. The van der Waals surface area contributed by atoms with Crippen molar-refractivity contribution in [1.29, 1.82) is 0 Å². The number of alkyl halides is 2. The van der Waals surface area contributed by atoms with Gasteiger partial charge in [0.05, 0.1) is 52.1 Å². The Kier molecular flexibility index (Phi) is 11.0. The van der Waals surface area contributed by atoms with Gasteiger partial charge in [-0.1, -0.05) is 38.1 Å². The lowest BCUT2D eigenvalue weighted by atomic mass is 9.60. The monoisotopic (exact) mass is 993 g/mol. The van der Waals surface area contributed by atoms with Crippen LogP contribution in [0.25, 0.3) is 11.0 Å². The molecule has 374 valence electrons. The van der Waals surface area contributed by atoms with E-state index in [1.165, 1.54) is 17.2 Å². The number of hydrogen-bond donors (Lipinski definition) is 3. The van der Waals surface area contributed by atoms with Gasteiger partial charge in [0, 0.05) is 86.8 Å². The highest BCUT2D eigenvalue weighted by Crippen LogP contribution is 2.57. The molecule has 8 heterocycles. The van der Waals surface area contributed by atoms with Gasteiger partial charge in [-0.25, -0.2) is 17.2 Å². The molecule has 5 aromatic rings. The number of benzene rings is 3. The van der Waals surface area contributed by atoms with Crippen LogP contribution >= 0.6 is 0 Å². The lowest BCUT2D eigenvalue weighted by Gasteiger charge is -2.62. The van der Waals surface area contributed by atoms with Gasteiger partial charge in [0.25, 0.3) is 17.5 Å². The molecule has 12 rings (SSSR count). The summed E-state index contributed by atoms with van der Waals surface area (Å²) in [6.45, 7) is 7.50. The number of rotatable bonds is 11. The largest absolute Gasteiger partial charge is 0.489 e. The highest BCUT2D eigenvalue weighted by molar-refractivity contribution is 7.91. The first kappa shape index (κ1) is 46.0. The number of carbonyl (C=O) groups is 1. The van der Waals surface area contributed by atoms with Gasteiger partial charge in [-0.3, -0.25) is 19.8 Å². The molecular weight excluding hydrogens is 937 g/mol. The molecular formula is C51H57F2N9O8S. The average Bonchev–Trinajstić information content (AvgIpc) is 4.11. The summed E-state index contributed by atoms with van der Waals surface area (Å²) in [4.78, 5) is 41.7. The van der Waals surface area contributed by atoms with Crippen LogP contribution in [0.4, 0.5) is 37.2 Å². The zero-order valence-corrected chi connectivity index (χ0v) is 40.4. The van der Waals surface area contributed by atoms with E-state index >= 15 is 8.42 Å². The summed E-state index contributed by atoms with van der Waals surface area (Å²) >= 11 is 0. The van der Waals surface area contributed by atoms with Crippen molar-refractivity contribution >= 4 is 55.2 Å². The topological polar surface area (TPSA) is 202 Å². The fourth-order valence-corrected chi connectivity index (χ4v) is 14.3. The second-order valence-corrected chi connectivity index (χ2v) is 22.9. The number of primary amides is 1. The number of aromatic nitrogens is 2. The molecule has 2 aromatic heterocycles. The molecule has 0 bridgehead atoms. The third-order valence-electron chi connectivity index (χ3n) is 16.1. The second kappa shape index (κ2) is 17.0. The molecule has 0 radical (unpaired) electrons. The minimum atomic E-state index is -4.82. The van der Waals surface area contributed by atoms with Crippen LogP contribution in [-0.2, 0) is 14.6 Å². The molecule has 4 N–H and O–H groups in total. The molecule has 7 aliphatic rings. The number of nitrogens with two attached hydrogens (primary N) is 1. The SMILES string of the molecule is CC(C)c1ccccc1[C@@H]1CCCN1C1CC2(C1)CN(c1ccc(C(N)=O)c(N3c4cc5cc[nH]c5nc4O[C@@H]4COC[C@H]43)c1S(=O)(=O)c1cc3c(c([N+](=O)[O-])c1)N[C@@H](CN1CCC(F)(F)CC1)CO3)C2. The highest BCUT2D eigenvalue weighted by Gasteiger charge is 2.56. The Morgan fingerprint density at radius 1 is 1.01 bits per heavy atom. The van der Waals surface area contributed by atoms with Gasteiger partial charge in [0.15, 0.2) is 11.4 Å². The number of nitro groups is 1. The minimum absolute atomic E-state index is 0.000474. The number of nitrogens with zero attached hydrogens (tertiary/aromatic N) is 6. The smallest absolute Gasteiger partial charge is 0.297 e. The molecule has 71 heavy (non-hydrogen) atoms. The number of carbonyl (C=O) groups excluding carboxylic acids is 1. The molecule has 0 unspecified atom stereocenters. The van der Waals surface area contributed by atoms with Gasteiger partial charge in [0.2, 0.25) is 15.7 Å². The standard InChI is InChI=1S/C51H57F2N9O8S/c1-29(2)34-6-3-4-7-35(34)37-8-5-15-60(37)32-21-50(22-32)27-59(28-50)38-10-9-36(47(54)63)45(61-40-18-30-11-14-55-48(30)57-49(40)70-43-26-68-25-41(43)61)46(38)71(66,67)33-19-39(62(64)65)44-42(20-33)69-24-31(56-44)23-58-16-12-51(52,53)13-17-58/h3-4,6-7,9-11,14,18-20,29,31-32,37,41,43,56H,5,8,12-13,15-17,21-28H2,1-2H3,(H2,54,63)(H,55,57)/t31-,37-,41+,43+/m0/s1. The molecule has 3 aromatic carbocycles. The molecule has 1 aliphatic carbocycles. The fraction of sp³-hybridized carbons (Fsp3) is 0.490. The van der Waals surface area contributed by atoms with Gasteiger partial charge in [-0.15, -0.1) is 0 Å². The molecule has 6 aliphatic heterocycles. The summed E-state index contributed by atoms with van der Waals surface area (Å²) in [5.41, 5.74) is 9.58. The van der Waals surface area contributed by atoms with Gasteiger partial charge in [0.1, 0.15) is 28.9 Å². The first-order chi connectivity index (χ1) is 34.1. The average molecular weight is 994 g/mol. The maximum absolute atomic E-state index is 16.0. The van der Waals surface area contributed by atoms with Crippen molar-refractivity contribution in [3.63, 3.8) is 0 Å². The van der Waals surface area contributed by atoms with Crippen LogP contribution in [-0.4, -0.2) is 128 Å². The van der Waals surface area contributed by atoms with Crippen LogP contribution in [0.3, 0.4) is 0 Å². The van der Waals surface area contributed by atoms with Crippen molar-refractivity contribution in [2.24, 2.45) is 11.1 Å². The Labute approximate surface area is 409 Å². The molecule has 1 spiro atoms. The van der Waals surface area contributed by atoms with E-state index in [1.54, 1.807) is 23.2 Å². The number of hydrogen-bond acceptors (Lipinski definition) is 14. The first-order valence-corrected chi connectivity index (χ1v) is 26.2. The number of nitrogens with one attached hydrogen (secondary N) is 2. The van der Waals surface area contributed by atoms with Crippen LogP contribution in [0.15, 0.2) is 76.7 Å². The van der Waals surface area contributed by atoms with Crippen molar-refractivity contribution in [3.8, 4) is 11.6 Å². The molecule has 4 saturated heterocycles. The second-order valence-electron chi connectivity index (χ2n) is 21.0. The molecule has 1 amide bonds. The number of nitro benzene ring substituents is 1. The Bertz CT molecular complexity index is 3070. The van der Waals surface area contributed by atoms with Gasteiger partial charge in [-0.05, 0) is 73.5 Å². The Hall–Kier alpha value is -6.09. The number of likely N-dealkylation sites (tertiary alicyclic amines) is 2. The van der Waals surface area contributed by atoms with Crippen LogP contribution in [0.2, 0.25) is 0 Å². The normalized spacial score (nSPS) is 24.9. The van der Waals surface area contributed by atoms with E-state index in [4.69, 9.17) is 24.9 Å². The van der Waals surface area contributed by atoms with Crippen molar-refractivity contribution in [3.05, 3.63) is 93.7 Å². The summed E-state index contributed by atoms with van der Waals surface area (Å²) in [5.74, 6) is -3.06. The summed E-state index contributed by atoms with van der Waals surface area (Å²) < 4.78 is 78.5. The third-order valence-corrected chi connectivity index (χ3v) is 17.9. The maximum atomic E-state index is 16.0. The number of H-pyrrole nitrogens is 1. The van der Waals surface area contributed by atoms with Crippen LogP contribution < -0.4 is 30.3 Å². The predicted molar refractivity (Wildman–Crippen MR) is 261 cm³/mol. The number of anilines is 4. The van der Waals surface area contributed by atoms with E-state index in [2.05, 4.69) is 53.3 Å². The maximum Gasteiger partial charge on any atom is 0.297 e. The van der Waals surface area contributed by atoms with E-state index in [1.807, 2.05) is 21.9 Å². The Morgan fingerprint density at radius 3 is 2.56 bits per heavy atom. The van der Waals surface area contributed by atoms with Crippen LogP contribution in [0.1, 0.15) is 85.8 Å². The van der Waals surface area contributed by atoms with Crippen molar-refractivity contribution < 1.29 is 41.1 Å². The number of sulfone groups is 1. The number of aromatic amines is 1. The number of amides is 1. The third kappa shape index (κ3) is 7.83. The number of ether oxygens (including phenoxy) is 3. The number of fused-ring (bicyclic) bond motifs is 4. The summed E-state index contributed by atoms with van der Waals surface area (Å²) in [5, 5.41) is 16.9. The lowest BCUT2D eigenvalue weighted by molar-refractivity contribution is -0.384. The fourth-order valence-electron chi connectivity index (χ4n) is 12.6. The number of piperidine rings is 1. The Morgan fingerprint density at radius 2 is 1.80 bits per heavy atom. The summed E-state index contributed by atoms with van der Waals surface area (Å²) in [6.07, 6.45) is 4.66. The molecule has 4 atom stereocenters. The lowest BCUT2D eigenvalue weighted by Crippen LogP contribution is -2.66. The predicted octanol–water partition coefficient (Wildman–Crippen LogP) is 7.53. The number of halogens is 2. The van der Waals surface area contributed by atoms with E-state index in [-0.39, 0.29) is 84.6 Å². The summed E-state index contributed by atoms with van der Waals surface area (Å²) in [7, 11) is -4.82. The molecule has 17 nitrogen and oxygen atoms in total. The summed E-state index contributed by atoms with van der Waals surface area (Å²) in [6, 6.07) is 17.5. The Balaban J connectivity index is 0.936. The van der Waals surface area contributed by atoms with Gasteiger partial charge in [-0.2, -0.15) is 4.98 Å². The van der Waals surface area contributed by atoms with E-state index < -0.39 is 55.4 Å². The van der Waals surface area contributed by atoms with Crippen LogP contribution in [0, 0.1) is 15.5 Å². The van der Waals surface area contributed by atoms with Crippen molar-refractivity contribution in [2.75, 3.05) is 74.2 Å². The van der Waals surface area contributed by atoms with Gasteiger partial charge < -0.3 is 44.9 Å². The zero-order valence-electron chi connectivity index (χ0n) is 39.6. The van der Waals surface area contributed by atoms with Gasteiger partial charge >= 0.3 is 0 Å². The highest BCUT2D eigenvalue weighted by atomic mass is 32.2. The molecule has 20 heteroatoms. The van der Waals surface area contributed by atoms with Crippen molar-refractivity contribution in [2.45, 2.75) is 104 Å².